The number of allylic oxidation sites excluding steroid dienone is 2. The molecule has 0 fully saturated rings. The number of carbonyl (C=O) groups is 2. The van der Waals surface area contributed by atoms with Crippen molar-refractivity contribution in [1.82, 2.24) is 0 Å². The number of Topliss-reactive ketones (excluding diaryl/α,β-unsaturated/α-hetero) is 1. The second kappa shape index (κ2) is 5.22. The van der Waals surface area contributed by atoms with Gasteiger partial charge in [0.25, 0.3) is 0 Å². The lowest BCUT2D eigenvalue weighted by atomic mass is 10.2. The molecule has 50 valence electrons. The van der Waals surface area contributed by atoms with Crippen molar-refractivity contribution in [3.63, 3.8) is 0 Å². The Hall–Kier alpha value is -0.920. The van der Waals surface area contributed by atoms with Gasteiger partial charge >= 0.3 is 0 Å². The average molecular weight is 126 g/mol. The first-order chi connectivity index (χ1) is 4.31. The van der Waals surface area contributed by atoms with E-state index in [0.29, 0.717) is 12.7 Å². The van der Waals surface area contributed by atoms with Crippen LogP contribution in [0.3, 0.4) is 0 Å². The Bertz CT molecular complexity index is 125. The summed E-state index contributed by atoms with van der Waals surface area (Å²) in [5.41, 5.74) is 0. The summed E-state index contributed by atoms with van der Waals surface area (Å²) in [5.74, 6) is -0.0249. The summed E-state index contributed by atoms with van der Waals surface area (Å²) in [6.07, 6.45) is 4.60. The van der Waals surface area contributed by atoms with Gasteiger partial charge in [-0.1, -0.05) is 12.2 Å². The molecule has 0 saturated carbocycles. The summed E-state index contributed by atoms with van der Waals surface area (Å²) in [6, 6.07) is 0. The minimum Gasteiger partial charge on any atom is -0.303 e. The Balaban J connectivity index is 3.38. The largest absolute Gasteiger partial charge is 0.303 e. The highest BCUT2D eigenvalue weighted by Crippen LogP contribution is 1.87. The smallest absolute Gasteiger partial charge is 0.143 e. The van der Waals surface area contributed by atoms with Crippen molar-refractivity contribution in [3.8, 4) is 0 Å². The summed E-state index contributed by atoms with van der Waals surface area (Å²) >= 11 is 0. The fourth-order valence-electron chi connectivity index (χ4n) is 0.426. The minimum absolute atomic E-state index is 0.0249. The number of rotatable bonds is 4. The first kappa shape index (κ1) is 8.08. The Morgan fingerprint density at radius 1 is 1.44 bits per heavy atom. The number of carbonyl (C=O) groups excluding carboxylic acids is 2. The lowest BCUT2D eigenvalue weighted by molar-refractivity contribution is -0.121. The molecule has 0 atom stereocenters. The Morgan fingerprint density at radius 2 is 2.11 bits per heavy atom. The summed E-state index contributed by atoms with van der Waals surface area (Å²) in [7, 11) is 0. The zero-order chi connectivity index (χ0) is 7.11. The van der Waals surface area contributed by atoms with Crippen molar-refractivity contribution in [1.29, 1.82) is 0 Å². The van der Waals surface area contributed by atoms with E-state index in [2.05, 4.69) is 0 Å². The second-order valence-electron chi connectivity index (χ2n) is 1.68. The van der Waals surface area contributed by atoms with Gasteiger partial charge in [-0.2, -0.15) is 0 Å². The van der Waals surface area contributed by atoms with Gasteiger partial charge in [-0.25, -0.2) is 0 Å². The van der Waals surface area contributed by atoms with Crippen molar-refractivity contribution in [3.05, 3.63) is 12.2 Å². The second-order valence-corrected chi connectivity index (χ2v) is 1.68. The Labute approximate surface area is 54.6 Å². The van der Waals surface area contributed by atoms with Crippen LogP contribution >= 0.6 is 0 Å². The molecule has 0 aromatic heterocycles. The lowest BCUT2D eigenvalue weighted by Gasteiger charge is -1.84. The van der Waals surface area contributed by atoms with E-state index < -0.39 is 0 Å². The molecule has 0 saturated heterocycles. The number of aldehydes is 1. The minimum atomic E-state index is -0.0249. The van der Waals surface area contributed by atoms with Gasteiger partial charge in [0.05, 0.1) is 6.42 Å². The van der Waals surface area contributed by atoms with E-state index in [4.69, 9.17) is 0 Å². The van der Waals surface area contributed by atoms with Crippen LogP contribution in [0.15, 0.2) is 12.2 Å². The fourth-order valence-corrected chi connectivity index (χ4v) is 0.426. The average Bonchev–Trinajstić information content (AvgIpc) is 1.85. The third-order valence-corrected chi connectivity index (χ3v) is 0.892. The molecular weight excluding hydrogens is 116 g/mol. The highest BCUT2D eigenvalue weighted by Gasteiger charge is 1.94. The van der Waals surface area contributed by atoms with Crippen LogP contribution in [-0.2, 0) is 9.59 Å². The zero-order valence-electron chi connectivity index (χ0n) is 5.46. The Morgan fingerprint density at radius 3 is 2.56 bits per heavy atom. The SMILES string of the molecule is C/C=C/CC(=O)CC=O. The molecule has 0 amide bonds. The molecule has 0 aliphatic carbocycles. The van der Waals surface area contributed by atoms with Gasteiger partial charge in [-0.05, 0) is 6.92 Å². The molecule has 0 aliphatic rings. The highest BCUT2D eigenvalue weighted by atomic mass is 16.1. The maximum atomic E-state index is 10.5. The van der Waals surface area contributed by atoms with Gasteiger partial charge in [-0.3, -0.25) is 4.79 Å². The molecular formula is C7H10O2. The molecule has 0 aliphatic heterocycles. The van der Waals surface area contributed by atoms with Crippen molar-refractivity contribution in [2.45, 2.75) is 19.8 Å². The summed E-state index contributed by atoms with van der Waals surface area (Å²) in [6.45, 7) is 1.84. The first-order valence-electron chi connectivity index (χ1n) is 2.87. The highest BCUT2D eigenvalue weighted by molar-refractivity contribution is 5.90. The van der Waals surface area contributed by atoms with Gasteiger partial charge in [0, 0.05) is 6.42 Å². The molecule has 0 radical (unpaired) electrons. The van der Waals surface area contributed by atoms with Crippen molar-refractivity contribution < 1.29 is 9.59 Å². The van der Waals surface area contributed by atoms with E-state index in [1.54, 1.807) is 12.2 Å². The molecule has 9 heavy (non-hydrogen) atoms. The summed E-state index contributed by atoms with van der Waals surface area (Å²) < 4.78 is 0. The fraction of sp³-hybridized carbons (Fsp3) is 0.429. The summed E-state index contributed by atoms with van der Waals surface area (Å²) in [4.78, 5) is 20.3. The molecule has 0 rings (SSSR count). The van der Waals surface area contributed by atoms with Crippen LogP contribution in [0.2, 0.25) is 0 Å². The van der Waals surface area contributed by atoms with E-state index >= 15 is 0 Å². The molecule has 0 heterocycles. The maximum Gasteiger partial charge on any atom is 0.143 e. The normalized spacial score (nSPS) is 9.89. The van der Waals surface area contributed by atoms with Crippen molar-refractivity contribution >= 4 is 12.1 Å². The summed E-state index contributed by atoms with van der Waals surface area (Å²) in [5, 5.41) is 0. The molecule has 0 aromatic carbocycles. The van der Waals surface area contributed by atoms with Crippen LogP contribution in [0.1, 0.15) is 19.8 Å². The number of hydrogen-bond acceptors (Lipinski definition) is 2. The van der Waals surface area contributed by atoms with E-state index in [0.717, 1.165) is 0 Å². The molecule has 0 unspecified atom stereocenters. The van der Waals surface area contributed by atoms with Crippen molar-refractivity contribution in [2.24, 2.45) is 0 Å². The van der Waals surface area contributed by atoms with Crippen LogP contribution < -0.4 is 0 Å². The molecule has 2 heteroatoms. The monoisotopic (exact) mass is 126 g/mol. The van der Waals surface area contributed by atoms with Crippen LogP contribution in [0.4, 0.5) is 0 Å². The zero-order valence-corrected chi connectivity index (χ0v) is 5.46. The predicted molar refractivity (Wildman–Crippen MR) is 35.1 cm³/mol. The van der Waals surface area contributed by atoms with Gasteiger partial charge in [0.1, 0.15) is 12.1 Å². The molecule has 0 N–H and O–H groups in total. The topological polar surface area (TPSA) is 34.1 Å². The molecule has 0 bridgehead atoms. The quantitative estimate of drug-likeness (QED) is 0.321. The maximum absolute atomic E-state index is 10.5. The third-order valence-electron chi connectivity index (χ3n) is 0.892. The predicted octanol–water partition coefficient (Wildman–Crippen LogP) is 1.11. The third kappa shape index (κ3) is 4.94. The Kier molecular flexibility index (Phi) is 4.69. The standard InChI is InChI=1S/C7H10O2/c1-2-3-4-7(9)5-6-8/h2-3,6H,4-5H2,1H3/b3-2+. The van der Waals surface area contributed by atoms with Crippen LogP contribution in [0, 0.1) is 0 Å². The van der Waals surface area contributed by atoms with E-state index in [1.807, 2.05) is 6.92 Å². The van der Waals surface area contributed by atoms with Crippen LogP contribution in [0.5, 0.6) is 0 Å². The van der Waals surface area contributed by atoms with Gasteiger partial charge < -0.3 is 4.79 Å². The first-order valence-corrected chi connectivity index (χ1v) is 2.87. The van der Waals surface area contributed by atoms with Gasteiger partial charge in [0.15, 0.2) is 0 Å². The van der Waals surface area contributed by atoms with E-state index in [9.17, 15) is 9.59 Å². The van der Waals surface area contributed by atoms with E-state index in [1.165, 1.54) is 0 Å². The van der Waals surface area contributed by atoms with Crippen molar-refractivity contribution in [2.75, 3.05) is 0 Å². The number of ketones is 1. The van der Waals surface area contributed by atoms with Crippen LogP contribution in [0.25, 0.3) is 0 Å². The molecule has 2 nitrogen and oxygen atoms in total. The van der Waals surface area contributed by atoms with Gasteiger partial charge in [-0.15, -0.1) is 0 Å². The molecule has 0 spiro atoms. The van der Waals surface area contributed by atoms with Crippen LogP contribution in [-0.4, -0.2) is 12.1 Å². The number of hydrogen-bond donors (Lipinski definition) is 0. The lowest BCUT2D eigenvalue weighted by Crippen LogP contribution is -1.94. The van der Waals surface area contributed by atoms with Gasteiger partial charge in [0.2, 0.25) is 0 Å². The molecule has 0 aromatic rings. The van der Waals surface area contributed by atoms with E-state index in [-0.39, 0.29) is 12.2 Å².